The third kappa shape index (κ3) is 4.32. The van der Waals surface area contributed by atoms with Crippen LogP contribution in [-0.4, -0.2) is 58.5 Å². The van der Waals surface area contributed by atoms with Crippen molar-refractivity contribution in [2.45, 2.75) is 4.34 Å². The van der Waals surface area contributed by atoms with Crippen molar-refractivity contribution in [2.75, 3.05) is 31.9 Å². The highest BCUT2D eigenvalue weighted by atomic mass is 35.5. The van der Waals surface area contributed by atoms with E-state index in [0.717, 1.165) is 14.6 Å². The van der Waals surface area contributed by atoms with Crippen molar-refractivity contribution < 1.29 is 9.59 Å². The fraction of sp³-hybridized carbons (Fsp3) is 0.250. The first-order chi connectivity index (χ1) is 13.6. The predicted molar refractivity (Wildman–Crippen MR) is 114 cm³/mol. The lowest BCUT2D eigenvalue weighted by molar-refractivity contribution is -0.129. The van der Waals surface area contributed by atoms with Gasteiger partial charge in [-0.1, -0.05) is 35.5 Å². The van der Waals surface area contributed by atoms with E-state index in [9.17, 15) is 9.59 Å². The van der Waals surface area contributed by atoms with Crippen molar-refractivity contribution in [1.82, 2.24) is 14.8 Å². The van der Waals surface area contributed by atoms with E-state index in [1.165, 1.54) is 11.8 Å². The monoisotopic (exact) mass is 431 g/mol. The lowest BCUT2D eigenvalue weighted by atomic mass is 10.2. The first-order valence-electron chi connectivity index (χ1n) is 8.91. The van der Waals surface area contributed by atoms with Gasteiger partial charge in [0.2, 0.25) is 5.91 Å². The quantitative estimate of drug-likeness (QED) is 0.585. The highest BCUT2D eigenvalue weighted by molar-refractivity contribution is 8.01. The number of rotatable bonds is 4. The SMILES string of the molecule is O=C(CSc1nc2ccccc2s1)N1CCN(C(=O)c2ccc(Cl)cc2)CC1. The third-order valence-corrected chi connectivity index (χ3v) is 7.02. The molecule has 0 radical (unpaired) electrons. The van der Waals surface area contributed by atoms with Gasteiger partial charge in [0.15, 0.2) is 4.34 Å². The van der Waals surface area contributed by atoms with Gasteiger partial charge in [0.25, 0.3) is 5.91 Å². The molecule has 2 aromatic carbocycles. The van der Waals surface area contributed by atoms with E-state index in [4.69, 9.17) is 11.6 Å². The molecule has 1 aliphatic rings. The Morgan fingerprint density at radius 2 is 1.68 bits per heavy atom. The number of piperazine rings is 1. The number of thiazole rings is 1. The molecule has 4 rings (SSSR count). The minimum absolute atomic E-state index is 0.0207. The number of halogens is 1. The van der Waals surface area contributed by atoms with E-state index in [1.54, 1.807) is 40.5 Å². The molecule has 0 unspecified atom stereocenters. The minimum atomic E-state index is -0.0207. The number of hydrogen-bond acceptors (Lipinski definition) is 5. The molecule has 0 aliphatic carbocycles. The van der Waals surface area contributed by atoms with Gasteiger partial charge in [-0.2, -0.15) is 0 Å². The Labute approximate surface area is 176 Å². The number of thioether (sulfide) groups is 1. The number of carbonyl (C=O) groups is 2. The molecule has 0 spiro atoms. The normalized spacial score (nSPS) is 14.5. The Morgan fingerprint density at radius 3 is 2.39 bits per heavy atom. The molecule has 0 N–H and O–H groups in total. The van der Waals surface area contributed by atoms with Gasteiger partial charge >= 0.3 is 0 Å². The molecule has 1 saturated heterocycles. The van der Waals surface area contributed by atoms with Crippen molar-refractivity contribution in [2.24, 2.45) is 0 Å². The summed E-state index contributed by atoms with van der Waals surface area (Å²) in [7, 11) is 0. The van der Waals surface area contributed by atoms with Gasteiger partial charge in [0.05, 0.1) is 16.0 Å². The van der Waals surface area contributed by atoms with Gasteiger partial charge in [-0.05, 0) is 36.4 Å². The van der Waals surface area contributed by atoms with Crippen molar-refractivity contribution in [3.63, 3.8) is 0 Å². The van der Waals surface area contributed by atoms with E-state index in [2.05, 4.69) is 4.98 Å². The van der Waals surface area contributed by atoms with Gasteiger partial charge < -0.3 is 9.80 Å². The van der Waals surface area contributed by atoms with Gasteiger partial charge in [0.1, 0.15) is 0 Å². The number of amides is 2. The highest BCUT2D eigenvalue weighted by Crippen LogP contribution is 2.29. The molecular formula is C20H18ClN3O2S2. The number of nitrogens with zero attached hydrogens (tertiary/aromatic N) is 3. The topological polar surface area (TPSA) is 53.5 Å². The van der Waals surface area contributed by atoms with Crippen LogP contribution in [0.2, 0.25) is 5.02 Å². The molecule has 1 aliphatic heterocycles. The van der Waals surface area contributed by atoms with E-state index in [1.807, 2.05) is 29.2 Å². The second kappa shape index (κ2) is 8.51. The van der Waals surface area contributed by atoms with Crippen LogP contribution < -0.4 is 0 Å². The van der Waals surface area contributed by atoms with E-state index in [0.29, 0.717) is 42.5 Å². The molecule has 0 atom stereocenters. The van der Waals surface area contributed by atoms with Crippen molar-refractivity contribution >= 4 is 56.7 Å². The van der Waals surface area contributed by atoms with Crippen LogP contribution in [0.25, 0.3) is 10.2 Å². The number of para-hydroxylation sites is 1. The number of hydrogen-bond donors (Lipinski definition) is 0. The zero-order valence-corrected chi connectivity index (χ0v) is 17.4. The lowest BCUT2D eigenvalue weighted by Gasteiger charge is -2.34. The molecule has 0 saturated carbocycles. The largest absolute Gasteiger partial charge is 0.338 e. The maximum Gasteiger partial charge on any atom is 0.253 e. The Morgan fingerprint density at radius 1 is 1.00 bits per heavy atom. The summed E-state index contributed by atoms with van der Waals surface area (Å²) in [4.78, 5) is 33.3. The molecule has 2 heterocycles. The van der Waals surface area contributed by atoms with Crippen LogP contribution in [0.5, 0.6) is 0 Å². The number of carbonyl (C=O) groups excluding carboxylic acids is 2. The summed E-state index contributed by atoms with van der Waals surface area (Å²) in [5, 5.41) is 0.609. The van der Waals surface area contributed by atoms with Crippen LogP contribution in [-0.2, 0) is 4.79 Å². The number of benzene rings is 2. The smallest absolute Gasteiger partial charge is 0.253 e. The number of aromatic nitrogens is 1. The van der Waals surface area contributed by atoms with Gasteiger partial charge in [-0.3, -0.25) is 9.59 Å². The summed E-state index contributed by atoms with van der Waals surface area (Å²) in [5.41, 5.74) is 1.59. The van der Waals surface area contributed by atoms with Gasteiger partial charge in [-0.25, -0.2) is 4.98 Å². The average Bonchev–Trinajstić information content (AvgIpc) is 3.15. The van der Waals surface area contributed by atoms with Crippen LogP contribution in [0, 0.1) is 0 Å². The van der Waals surface area contributed by atoms with Crippen LogP contribution in [0.3, 0.4) is 0 Å². The second-order valence-electron chi connectivity index (χ2n) is 6.42. The second-order valence-corrected chi connectivity index (χ2v) is 9.11. The Bertz CT molecular complexity index is 965. The Hall–Kier alpha value is -2.09. The fourth-order valence-corrected chi connectivity index (χ4v) is 5.16. The molecule has 3 aromatic rings. The summed E-state index contributed by atoms with van der Waals surface area (Å²) in [6.07, 6.45) is 0. The number of fused-ring (bicyclic) bond motifs is 1. The van der Waals surface area contributed by atoms with Crippen molar-refractivity contribution in [3.05, 3.63) is 59.1 Å². The first-order valence-corrected chi connectivity index (χ1v) is 11.1. The molecular weight excluding hydrogens is 414 g/mol. The maximum absolute atomic E-state index is 12.6. The molecule has 1 fully saturated rings. The van der Waals surface area contributed by atoms with Crippen molar-refractivity contribution in [3.8, 4) is 0 Å². The summed E-state index contributed by atoms with van der Waals surface area (Å²) < 4.78 is 2.04. The zero-order valence-electron chi connectivity index (χ0n) is 15.0. The van der Waals surface area contributed by atoms with E-state index < -0.39 is 0 Å². The van der Waals surface area contributed by atoms with Crippen LogP contribution in [0.4, 0.5) is 0 Å². The standard InChI is InChI=1S/C20H18ClN3O2S2/c21-15-7-5-14(6-8-15)19(26)24-11-9-23(10-12-24)18(25)13-27-20-22-16-3-1-2-4-17(16)28-20/h1-8H,9-13H2. The fourth-order valence-electron chi connectivity index (χ4n) is 3.06. The average molecular weight is 432 g/mol. The Balaban J connectivity index is 1.28. The molecule has 1 aromatic heterocycles. The summed E-state index contributed by atoms with van der Waals surface area (Å²) in [5.74, 6) is 0.431. The maximum atomic E-state index is 12.6. The van der Waals surface area contributed by atoms with Gasteiger partial charge in [-0.15, -0.1) is 11.3 Å². The van der Waals surface area contributed by atoms with Crippen LogP contribution >= 0.6 is 34.7 Å². The van der Waals surface area contributed by atoms with E-state index in [-0.39, 0.29) is 11.8 Å². The molecule has 0 bridgehead atoms. The van der Waals surface area contributed by atoms with E-state index >= 15 is 0 Å². The Kier molecular flexibility index (Phi) is 5.85. The lowest BCUT2D eigenvalue weighted by Crippen LogP contribution is -2.51. The molecule has 2 amide bonds. The molecule has 8 heteroatoms. The highest BCUT2D eigenvalue weighted by Gasteiger charge is 2.25. The van der Waals surface area contributed by atoms with Crippen LogP contribution in [0.1, 0.15) is 10.4 Å². The molecule has 5 nitrogen and oxygen atoms in total. The van der Waals surface area contributed by atoms with Crippen molar-refractivity contribution in [1.29, 1.82) is 0 Å². The molecule has 28 heavy (non-hydrogen) atoms. The third-order valence-electron chi connectivity index (χ3n) is 4.60. The van der Waals surface area contributed by atoms with Gasteiger partial charge in [0, 0.05) is 36.8 Å². The summed E-state index contributed by atoms with van der Waals surface area (Å²) >= 11 is 8.96. The predicted octanol–water partition coefficient (Wildman–Crippen LogP) is 4.03. The zero-order chi connectivity index (χ0) is 19.5. The van der Waals surface area contributed by atoms with Crippen LogP contribution in [0.15, 0.2) is 52.9 Å². The first kappa shape index (κ1) is 19.2. The summed E-state index contributed by atoms with van der Waals surface area (Å²) in [6, 6.07) is 14.9. The summed E-state index contributed by atoms with van der Waals surface area (Å²) in [6.45, 7) is 2.19. The molecule has 144 valence electrons. The minimum Gasteiger partial charge on any atom is -0.338 e.